The summed E-state index contributed by atoms with van der Waals surface area (Å²) >= 11 is 0. The zero-order valence-corrected chi connectivity index (χ0v) is 18.6. The number of carboxylic acids is 1. The molecule has 1 aliphatic heterocycles. The van der Waals surface area contributed by atoms with Crippen LogP contribution in [0, 0.1) is 11.3 Å². The lowest BCUT2D eigenvalue weighted by Gasteiger charge is -2.26. The molecule has 0 amide bonds. The van der Waals surface area contributed by atoms with Crippen LogP contribution in [0.3, 0.4) is 0 Å². The predicted molar refractivity (Wildman–Crippen MR) is 127 cm³/mol. The van der Waals surface area contributed by atoms with Crippen LogP contribution >= 0.6 is 0 Å². The van der Waals surface area contributed by atoms with Crippen LogP contribution in [0.2, 0.25) is 0 Å². The van der Waals surface area contributed by atoms with Crippen molar-refractivity contribution < 1.29 is 14.6 Å². The summed E-state index contributed by atoms with van der Waals surface area (Å²) in [5.41, 5.74) is 1.23. The predicted octanol–water partition coefficient (Wildman–Crippen LogP) is 1.94. The summed E-state index contributed by atoms with van der Waals surface area (Å²) < 4.78 is 7.27. The van der Waals surface area contributed by atoms with Gasteiger partial charge in [0.25, 0.3) is 5.56 Å². The average Bonchev–Trinajstić information content (AvgIpc) is 3.32. The summed E-state index contributed by atoms with van der Waals surface area (Å²) in [5, 5.41) is 21.9. The lowest BCUT2D eigenvalue weighted by Crippen LogP contribution is -2.44. The molecule has 1 aliphatic rings. The summed E-state index contributed by atoms with van der Waals surface area (Å²) in [6.07, 6.45) is 0. The number of carbonyl (C=O) groups is 1. The van der Waals surface area contributed by atoms with E-state index in [1.807, 2.05) is 4.90 Å². The molecule has 3 N–H and O–H groups in total. The van der Waals surface area contributed by atoms with E-state index >= 15 is 0 Å². The quantitative estimate of drug-likeness (QED) is 0.383. The highest BCUT2D eigenvalue weighted by Gasteiger charge is 2.21. The maximum absolute atomic E-state index is 13.6. The first-order valence-corrected chi connectivity index (χ1v) is 11.0. The van der Waals surface area contributed by atoms with Gasteiger partial charge in [-0.15, -0.1) is 0 Å². The number of nitriles is 1. The second kappa shape index (κ2) is 9.28. The maximum Gasteiger partial charge on any atom is 0.335 e. The molecule has 4 aromatic rings. The van der Waals surface area contributed by atoms with Crippen molar-refractivity contribution in [3.8, 4) is 17.8 Å². The van der Waals surface area contributed by atoms with Gasteiger partial charge in [-0.1, -0.05) is 18.2 Å². The number of nitrogens with one attached hydrogen (secondary N) is 2. The van der Waals surface area contributed by atoms with Crippen LogP contribution in [0.15, 0.2) is 53.3 Å². The third-order valence-corrected chi connectivity index (χ3v) is 5.76. The first-order chi connectivity index (χ1) is 17.0. The van der Waals surface area contributed by atoms with E-state index in [0.717, 1.165) is 26.2 Å². The molecule has 0 radical (unpaired) electrons. The third-order valence-electron chi connectivity index (χ3n) is 5.76. The SMILES string of the molecule is N#Cc1ccccc1Cn1c(Oc2ccc(C(=O)O)cc2)nc2nc(N3CCNCC3)[nH]c2c1=O. The van der Waals surface area contributed by atoms with Gasteiger partial charge in [-0.25, -0.2) is 4.79 Å². The molecule has 176 valence electrons. The normalized spacial score (nSPS) is 13.5. The van der Waals surface area contributed by atoms with Gasteiger partial charge in [0.15, 0.2) is 11.2 Å². The highest BCUT2D eigenvalue weighted by atomic mass is 16.5. The summed E-state index contributed by atoms with van der Waals surface area (Å²) in [7, 11) is 0. The van der Waals surface area contributed by atoms with E-state index in [9.17, 15) is 14.9 Å². The van der Waals surface area contributed by atoms with Crippen molar-refractivity contribution in [1.82, 2.24) is 24.8 Å². The molecule has 11 heteroatoms. The number of aromatic carboxylic acids is 1. The fourth-order valence-electron chi connectivity index (χ4n) is 3.91. The van der Waals surface area contributed by atoms with Gasteiger partial charge in [0.05, 0.1) is 23.7 Å². The van der Waals surface area contributed by atoms with E-state index in [2.05, 4.69) is 26.3 Å². The second-order valence-electron chi connectivity index (χ2n) is 7.98. The molecule has 2 aromatic carbocycles. The molecule has 5 rings (SSSR count). The molecule has 2 aromatic heterocycles. The van der Waals surface area contributed by atoms with Crippen molar-refractivity contribution >= 4 is 23.1 Å². The molecule has 0 unspecified atom stereocenters. The van der Waals surface area contributed by atoms with Crippen LogP contribution in [0.1, 0.15) is 21.5 Å². The van der Waals surface area contributed by atoms with Gasteiger partial charge in [-0.3, -0.25) is 9.36 Å². The van der Waals surface area contributed by atoms with Gasteiger partial charge in [-0.2, -0.15) is 15.2 Å². The Morgan fingerprint density at radius 2 is 1.86 bits per heavy atom. The van der Waals surface area contributed by atoms with Gasteiger partial charge in [-0.05, 0) is 35.9 Å². The topological polar surface area (TPSA) is 149 Å². The number of rotatable bonds is 6. The molecular weight excluding hydrogens is 450 g/mol. The number of anilines is 1. The van der Waals surface area contributed by atoms with Crippen LogP contribution in [0.5, 0.6) is 11.8 Å². The van der Waals surface area contributed by atoms with Crippen LogP contribution in [0.4, 0.5) is 5.95 Å². The lowest BCUT2D eigenvalue weighted by atomic mass is 10.1. The highest BCUT2D eigenvalue weighted by molar-refractivity contribution is 5.87. The van der Waals surface area contributed by atoms with Crippen LogP contribution < -0.4 is 20.5 Å². The minimum atomic E-state index is -1.06. The van der Waals surface area contributed by atoms with E-state index in [0.29, 0.717) is 22.8 Å². The van der Waals surface area contributed by atoms with E-state index < -0.39 is 11.5 Å². The van der Waals surface area contributed by atoms with Crippen molar-refractivity contribution in [1.29, 1.82) is 5.26 Å². The Hall–Kier alpha value is -4.69. The first-order valence-electron chi connectivity index (χ1n) is 11.0. The number of hydrogen-bond donors (Lipinski definition) is 3. The summed E-state index contributed by atoms with van der Waals surface area (Å²) in [6, 6.07) is 14.9. The highest BCUT2D eigenvalue weighted by Crippen LogP contribution is 2.23. The Morgan fingerprint density at radius 3 is 2.57 bits per heavy atom. The average molecular weight is 471 g/mol. The number of imidazole rings is 1. The molecule has 3 heterocycles. The van der Waals surface area contributed by atoms with Gasteiger partial charge < -0.3 is 25.0 Å². The van der Waals surface area contributed by atoms with E-state index in [4.69, 9.17) is 9.84 Å². The molecule has 35 heavy (non-hydrogen) atoms. The number of benzene rings is 2. The Labute approximate surface area is 199 Å². The zero-order valence-electron chi connectivity index (χ0n) is 18.6. The summed E-state index contributed by atoms with van der Waals surface area (Å²) in [5.74, 6) is -0.197. The standard InChI is InChI=1S/C24H21N7O4/c25-13-16-3-1-2-4-17(16)14-31-21(32)19-20(28-23(27-19)30-11-9-26-10-12-30)29-24(31)35-18-7-5-15(6-8-18)22(33)34/h1-8,26H,9-12,14H2,(H,27,28)(H,33,34). The number of H-pyrrole nitrogens is 1. The van der Waals surface area contributed by atoms with Crippen molar-refractivity contribution in [2.75, 3.05) is 31.1 Å². The van der Waals surface area contributed by atoms with Gasteiger partial charge in [0.1, 0.15) is 5.75 Å². The number of aromatic nitrogens is 4. The zero-order chi connectivity index (χ0) is 24.4. The van der Waals surface area contributed by atoms with Crippen molar-refractivity contribution in [2.45, 2.75) is 6.54 Å². The van der Waals surface area contributed by atoms with Gasteiger partial charge in [0.2, 0.25) is 5.95 Å². The smallest absolute Gasteiger partial charge is 0.335 e. The molecule has 0 bridgehead atoms. The number of aromatic amines is 1. The largest absolute Gasteiger partial charge is 0.478 e. The van der Waals surface area contributed by atoms with E-state index in [1.54, 1.807) is 24.3 Å². The van der Waals surface area contributed by atoms with E-state index in [-0.39, 0.29) is 29.3 Å². The van der Waals surface area contributed by atoms with Crippen LogP contribution in [0.25, 0.3) is 11.2 Å². The summed E-state index contributed by atoms with van der Waals surface area (Å²) in [4.78, 5) is 38.9. The summed E-state index contributed by atoms with van der Waals surface area (Å²) in [6.45, 7) is 3.14. The maximum atomic E-state index is 13.6. The molecule has 0 atom stereocenters. The number of fused-ring (bicyclic) bond motifs is 1. The molecular formula is C24H21N7O4. The molecule has 0 saturated carbocycles. The van der Waals surface area contributed by atoms with Crippen molar-refractivity contribution in [3.63, 3.8) is 0 Å². The molecule has 0 aliphatic carbocycles. The lowest BCUT2D eigenvalue weighted by molar-refractivity contribution is 0.0697. The third kappa shape index (κ3) is 4.42. The first kappa shape index (κ1) is 22.1. The number of carboxylic acid groups (broad SMARTS) is 1. The van der Waals surface area contributed by atoms with Gasteiger partial charge in [0, 0.05) is 26.2 Å². The van der Waals surface area contributed by atoms with Crippen LogP contribution in [-0.2, 0) is 6.54 Å². The minimum absolute atomic E-state index is 0.0170. The Kier molecular flexibility index (Phi) is 5.87. The molecule has 1 saturated heterocycles. The number of nitrogens with zero attached hydrogens (tertiary/aromatic N) is 5. The molecule has 11 nitrogen and oxygen atoms in total. The number of ether oxygens (including phenoxy) is 1. The number of hydrogen-bond acceptors (Lipinski definition) is 8. The van der Waals surface area contributed by atoms with Crippen molar-refractivity contribution in [3.05, 3.63) is 75.6 Å². The fraction of sp³-hybridized carbons (Fsp3) is 0.208. The Bertz CT molecular complexity index is 1500. The minimum Gasteiger partial charge on any atom is -0.478 e. The van der Waals surface area contributed by atoms with Crippen LogP contribution in [-0.4, -0.2) is 56.8 Å². The molecule has 1 fully saturated rings. The Balaban J connectivity index is 1.60. The van der Waals surface area contributed by atoms with Gasteiger partial charge >= 0.3 is 12.0 Å². The van der Waals surface area contributed by atoms with Crippen molar-refractivity contribution in [2.24, 2.45) is 0 Å². The monoisotopic (exact) mass is 471 g/mol. The Morgan fingerprint density at radius 1 is 1.11 bits per heavy atom. The van der Waals surface area contributed by atoms with E-state index in [1.165, 1.54) is 28.8 Å². The molecule has 0 spiro atoms. The number of piperazine rings is 1. The fourth-order valence-corrected chi connectivity index (χ4v) is 3.91. The second-order valence-corrected chi connectivity index (χ2v) is 7.98.